The molecule has 4 aromatic rings. The molecule has 0 fully saturated rings. The summed E-state index contributed by atoms with van der Waals surface area (Å²) in [5, 5.41) is 1.90. The summed E-state index contributed by atoms with van der Waals surface area (Å²) in [5.74, 6) is 0. The Morgan fingerprint density at radius 2 is 0.966 bits per heavy atom. The normalized spacial score (nSPS) is 12.9. The van der Waals surface area contributed by atoms with Crippen LogP contribution >= 0.6 is 44.0 Å². The van der Waals surface area contributed by atoms with Gasteiger partial charge in [0, 0.05) is 0 Å². The molecule has 0 unspecified atom stereocenters. The van der Waals surface area contributed by atoms with Crippen molar-refractivity contribution in [3.8, 4) is 0 Å². The first-order valence-electron chi connectivity index (χ1n) is 9.36. The van der Waals surface area contributed by atoms with Gasteiger partial charge in [-0.05, 0) is 0 Å². The molecule has 146 valence electrons. The van der Waals surface area contributed by atoms with E-state index in [-0.39, 0.29) is 0 Å². The second-order valence-electron chi connectivity index (χ2n) is 7.06. The first-order valence-corrected chi connectivity index (χ1v) is 14.6. The summed E-state index contributed by atoms with van der Waals surface area (Å²) >= 11 is 17.5. The average Bonchev–Trinajstić information content (AvgIpc) is 2.79. The zero-order chi connectivity index (χ0) is 20.3. The fourth-order valence-corrected chi connectivity index (χ4v) is 12.1. The van der Waals surface area contributed by atoms with Crippen LogP contribution in [0.4, 0.5) is 0 Å². The zero-order valence-electron chi connectivity index (χ0n) is 15.7. The van der Waals surface area contributed by atoms with Gasteiger partial charge in [-0.25, -0.2) is 0 Å². The third-order valence-electron chi connectivity index (χ3n) is 5.38. The number of hydrogen-bond donors (Lipinski definition) is 0. The Hall–Kier alpha value is -1.63. The van der Waals surface area contributed by atoms with Crippen LogP contribution in [0.1, 0.15) is 5.56 Å². The Bertz CT molecular complexity index is 1020. The van der Waals surface area contributed by atoms with Crippen molar-refractivity contribution in [1.29, 1.82) is 0 Å². The van der Waals surface area contributed by atoms with E-state index >= 15 is 0 Å². The van der Waals surface area contributed by atoms with Gasteiger partial charge in [-0.15, -0.1) is 0 Å². The molecule has 0 N–H and O–H groups in total. The van der Waals surface area contributed by atoms with E-state index < -0.39 is 5.31 Å². The third-order valence-corrected chi connectivity index (χ3v) is 15.7. The van der Waals surface area contributed by atoms with Crippen LogP contribution in [0.3, 0.4) is 0 Å². The fourth-order valence-electron chi connectivity index (χ4n) is 3.93. The van der Waals surface area contributed by atoms with Crippen LogP contribution < -0.4 is 15.9 Å². The Morgan fingerprint density at radius 3 is 1.38 bits per heavy atom. The van der Waals surface area contributed by atoms with E-state index in [0.29, 0.717) is 10.0 Å². The molecule has 0 amide bonds. The summed E-state index contributed by atoms with van der Waals surface area (Å²) in [6, 6.07) is 37.9. The number of benzene rings is 4. The standard InChI is InChI=1S/C25H20BrCl2P/c26-29(21-12-4-1-5-13-21,22-14-6-2-7-15-22,23-16-8-3-9-17-23)19-20-11-10-18-24(27)25(20)28/h1-18H,19H2. The van der Waals surface area contributed by atoms with Gasteiger partial charge in [-0.2, -0.15) is 0 Å². The molecule has 4 rings (SSSR count). The monoisotopic (exact) mass is 500 g/mol. The van der Waals surface area contributed by atoms with E-state index in [4.69, 9.17) is 23.2 Å². The summed E-state index contributed by atoms with van der Waals surface area (Å²) in [6.07, 6.45) is 0.725. The summed E-state index contributed by atoms with van der Waals surface area (Å²) < 4.78 is 0. The Morgan fingerprint density at radius 1 is 0.552 bits per heavy atom. The Labute approximate surface area is 190 Å². The van der Waals surface area contributed by atoms with Gasteiger partial charge in [0.25, 0.3) is 0 Å². The minimum absolute atomic E-state index is 0.580. The molecule has 0 radical (unpaired) electrons. The number of halogens is 3. The van der Waals surface area contributed by atoms with E-state index in [2.05, 4.69) is 113 Å². The van der Waals surface area contributed by atoms with Gasteiger partial charge >= 0.3 is 191 Å². The van der Waals surface area contributed by atoms with Crippen molar-refractivity contribution in [2.24, 2.45) is 0 Å². The van der Waals surface area contributed by atoms with E-state index in [0.717, 1.165) is 11.7 Å². The minimum atomic E-state index is -3.07. The van der Waals surface area contributed by atoms with Crippen LogP contribution in [0.5, 0.6) is 0 Å². The average molecular weight is 502 g/mol. The van der Waals surface area contributed by atoms with Crippen LogP contribution in [0.2, 0.25) is 10.0 Å². The summed E-state index contributed by atoms with van der Waals surface area (Å²) in [7, 11) is 0. The summed E-state index contributed by atoms with van der Waals surface area (Å²) in [4.78, 5) is 0. The number of rotatable bonds is 5. The van der Waals surface area contributed by atoms with Gasteiger partial charge < -0.3 is 0 Å². The fraction of sp³-hybridized carbons (Fsp3) is 0.0400. The van der Waals surface area contributed by atoms with Crippen molar-refractivity contribution in [2.75, 3.05) is 0 Å². The van der Waals surface area contributed by atoms with E-state index in [1.165, 1.54) is 15.9 Å². The van der Waals surface area contributed by atoms with Crippen molar-refractivity contribution < 1.29 is 0 Å². The van der Waals surface area contributed by atoms with Crippen LogP contribution in [0.15, 0.2) is 109 Å². The van der Waals surface area contributed by atoms with E-state index in [1.807, 2.05) is 12.1 Å². The zero-order valence-corrected chi connectivity index (χ0v) is 19.7. The van der Waals surface area contributed by atoms with Crippen molar-refractivity contribution in [3.63, 3.8) is 0 Å². The summed E-state index contributed by atoms with van der Waals surface area (Å²) in [6.45, 7) is 0. The molecule has 0 aliphatic carbocycles. The Balaban J connectivity index is 2.11. The van der Waals surface area contributed by atoms with Gasteiger partial charge in [0.1, 0.15) is 0 Å². The van der Waals surface area contributed by atoms with Gasteiger partial charge in [0.05, 0.1) is 0 Å². The van der Waals surface area contributed by atoms with Crippen molar-refractivity contribution in [2.45, 2.75) is 6.16 Å². The molecule has 0 aliphatic heterocycles. The molecule has 0 bridgehead atoms. The van der Waals surface area contributed by atoms with Gasteiger partial charge in [-0.3, -0.25) is 0 Å². The molecule has 4 heteroatoms. The van der Waals surface area contributed by atoms with Crippen LogP contribution in [-0.4, -0.2) is 0 Å². The van der Waals surface area contributed by atoms with Gasteiger partial charge in [-0.1, -0.05) is 0 Å². The topological polar surface area (TPSA) is 0 Å². The maximum atomic E-state index is 6.69. The molecule has 0 atom stereocenters. The van der Waals surface area contributed by atoms with Crippen molar-refractivity contribution in [3.05, 3.63) is 125 Å². The molecule has 0 nitrogen and oxygen atoms in total. The van der Waals surface area contributed by atoms with Crippen LogP contribution in [0.25, 0.3) is 0 Å². The Kier molecular flexibility index (Phi) is 5.87. The van der Waals surface area contributed by atoms with Crippen LogP contribution in [-0.2, 0) is 6.16 Å². The first kappa shape index (κ1) is 20.6. The second kappa shape index (κ2) is 8.25. The molecule has 0 saturated carbocycles. The van der Waals surface area contributed by atoms with E-state index in [1.54, 1.807) is 0 Å². The molecule has 0 aliphatic rings. The van der Waals surface area contributed by atoms with Gasteiger partial charge in [0.15, 0.2) is 0 Å². The van der Waals surface area contributed by atoms with Crippen molar-refractivity contribution >= 4 is 59.9 Å². The molecule has 0 saturated heterocycles. The maximum absolute atomic E-state index is 6.69. The SMILES string of the molecule is Clc1cccc(CP(Br)(c2ccccc2)(c2ccccc2)c2ccccc2)c1Cl. The molecular weight excluding hydrogens is 482 g/mol. The second-order valence-corrected chi connectivity index (χ2v) is 16.8. The van der Waals surface area contributed by atoms with Crippen molar-refractivity contribution in [1.82, 2.24) is 0 Å². The van der Waals surface area contributed by atoms with Gasteiger partial charge in [0.2, 0.25) is 0 Å². The molecule has 0 spiro atoms. The third kappa shape index (κ3) is 3.56. The quantitative estimate of drug-likeness (QED) is 0.251. The van der Waals surface area contributed by atoms with Crippen LogP contribution in [0, 0.1) is 0 Å². The predicted octanol–water partition coefficient (Wildman–Crippen LogP) is 7.33. The molecule has 0 heterocycles. The molecule has 4 aromatic carbocycles. The number of hydrogen-bond acceptors (Lipinski definition) is 0. The predicted molar refractivity (Wildman–Crippen MR) is 134 cm³/mol. The van der Waals surface area contributed by atoms with E-state index in [9.17, 15) is 0 Å². The molecular formula is C25H20BrCl2P. The molecule has 29 heavy (non-hydrogen) atoms. The molecule has 0 aromatic heterocycles. The summed E-state index contributed by atoms with van der Waals surface area (Å²) in [5.41, 5.74) is 1.03. The first-order chi connectivity index (χ1) is 14.0.